The van der Waals surface area contributed by atoms with Gasteiger partial charge in [-0.1, -0.05) is 0 Å². The van der Waals surface area contributed by atoms with Gasteiger partial charge in [0.2, 0.25) is 0 Å². The Balaban J connectivity index is 1.35. The monoisotopic (exact) mass is 452 g/mol. The Morgan fingerprint density at radius 1 is 1.03 bits per heavy atom. The van der Waals surface area contributed by atoms with E-state index in [4.69, 9.17) is 0 Å². The third-order valence-electron chi connectivity index (χ3n) is 6.04. The summed E-state index contributed by atoms with van der Waals surface area (Å²) < 4.78 is 70.5. The maximum Gasteiger partial charge on any atom is 0.420 e. The first kappa shape index (κ1) is 21.0. The zero-order valence-electron chi connectivity index (χ0n) is 17.1. The number of alkyl halides is 3. The van der Waals surface area contributed by atoms with Crippen molar-refractivity contribution in [3.05, 3.63) is 53.1 Å². The van der Waals surface area contributed by atoms with Crippen LogP contribution in [0.2, 0.25) is 0 Å². The van der Waals surface area contributed by atoms with Crippen LogP contribution in [0.1, 0.15) is 29.8 Å². The topological polar surface area (TPSA) is 49.6 Å². The molecular weight excluding hydrogens is 431 g/mol. The van der Waals surface area contributed by atoms with Crippen molar-refractivity contribution in [1.29, 1.82) is 0 Å². The summed E-state index contributed by atoms with van der Waals surface area (Å²) in [4.78, 5) is 7.35. The molecule has 1 aliphatic carbocycles. The third kappa shape index (κ3) is 4.13. The minimum absolute atomic E-state index is 0.0510. The lowest BCUT2D eigenvalue weighted by molar-refractivity contribution is -0.137. The molecule has 0 bridgehead atoms. The van der Waals surface area contributed by atoms with E-state index in [1.54, 1.807) is 11.1 Å². The number of halogens is 5. The van der Waals surface area contributed by atoms with Gasteiger partial charge < -0.3 is 4.90 Å². The molecule has 3 aromatic heterocycles. The van der Waals surface area contributed by atoms with Gasteiger partial charge in [0.25, 0.3) is 0 Å². The van der Waals surface area contributed by atoms with Gasteiger partial charge in [-0.25, -0.2) is 13.8 Å². The second-order valence-electron chi connectivity index (χ2n) is 8.39. The van der Waals surface area contributed by atoms with Crippen LogP contribution in [-0.2, 0) is 19.1 Å². The Bertz CT molecular complexity index is 1130. The Labute approximate surface area is 180 Å². The van der Waals surface area contributed by atoms with Crippen molar-refractivity contribution in [2.24, 2.45) is 5.92 Å². The minimum atomic E-state index is -4.56. The highest BCUT2D eigenvalue weighted by Gasteiger charge is 2.38. The van der Waals surface area contributed by atoms with Crippen LogP contribution in [0.15, 0.2) is 24.5 Å². The number of fused-ring (bicyclic) bond motifs is 1. The van der Waals surface area contributed by atoms with Crippen LogP contribution in [0.25, 0.3) is 5.65 Å². The number of hydrogen-bond acceptors (Lipinski definition) is 5. The van der Waals surface area contributed by atoms with Crippen molar-refractivity contribution in [1.82, 2.24) is 24.5 Å². The molecule has 4 heterocycles. The first-order valence-electron chi connectivity index (χ1n) is 10.5. The molecule has 0 spiro atoms. The molecule has 2 fully saturated rings. The quantitative estimate of drug-likeness (QED) is 0.553. The van der Waals surface area contributed by atoms with Crippen LogP contribution >= 0.6 is 0 Å². The maximum absolute atomic E-state index is 14.0. The van der Waals surface area contributed by atoms with E-state index >= 15 is 0 Å². The molecule has 0 amide bonds. The molecule has 32 heavy (non-hydrogen) atoms. The van der Waals surface area contributed by atoms with E-state index < -0.39 is 23.4 Å². The average Bonchev–Trinajstić information content (AvgIpc) is 3.46. The summed E-state index contributed by atoms with van der Waals surface area (Å²) in [7, 11) is 0. The lowest BCUT2D eigenvalue weighted by atomic mass is 10.1. The largest absolute Gasteiger partial charge is 0.420 e. The molecule has 2 aliphatic rings. The molecule has 1 saturated heterocycles. The number of aromatic nitrogens is 4. The maximum atomic E-state index is 14.0. The highest BCUT2D eigenvalue weighted by Crippen LogP contribution is 2.37. The van der Waals surface area contributed by atoms with Crippen molar-refractivity contribution in [3.63, 3.8) is 0 Å². The SMILES string of the molecule is Fc1cnc(N2CCN(Cc3ccn4c(CC5CC5)nnc4c3C(F)(F)F)CC2)c(F)c1. The van der Waals surface area contributed by atoms with Crippen molar-refractivity contribution >= 4 is 11.5 Å². The molecule has 1 saturated carbocycles. The van der Waals surface area contributed by atoms with E-state index in [9.17, 15) is 22.0 Å². The molecule has 11 heteroatoms. The molecule has 1 aliphatic heterocycles. The van der Waals surface area contributed by atoms with E-state index in [-0.39, 0.29) is 23.6 Å². The van der Waals surface area contributed by atoms with Gasteiger partial charge in [-0.2, -0.15) is 13.2 Å². The van der Waals surface area contributed by atoms with Gasteiger partial charge in [0, 0.05) is 51.4 Å². The summed E-state index contributed by atoms with van der Waals surface area (Å²) in [5, 5.41) is 7.89. The molecule has 0 unspecified atom stereocenters. The number of pyridine rings is 2. The van der Waals surface area contributed by atoms with Crippen molar-refractivity contribution in [2.75, 3.05) is 31.1 Å². The standard InChI is InChI=1S/C21H21F5N6/c22-15-10-16(23)19(27-11-15)31-7-5-30(6-8-31)12-14-3-4-32-17(9-13-1-2-13)28-29-20(32)18(14)21(24,25)26/h3-4,10-11,13H,1-2,5-9,12H2. The number of anilines is 1. The lowest BCUT2D eigenvalue weighted by Crippen LogP contribution is -2.46. The normalized spacial score (nSPS) is 18.0. The molecule has 0 atom stereocenters. The highest BCUT2D eigenvalue weighted by molar-refractivity contribution is 5.53. The van der Waals surface area contributed by atoms with E-state index in [1.165, 1.54) is 10.5 Å². The summed E-state index contributed by atoms with van der Waals surface area (Å²) in [5.41, 5.74) is -0.792. The fourth-order valence-electron chi connectivity index (χ4n) is 4.20. The Hall–Kier alpha value is -2.82. The Kier molecular flexibility index (Phi) is 5.23. The number of rotatable bonds is 5. The predicted molar refractivity (Wildman–Crippen MR) is 106 cm³/mol. The van der Waals surface area contributed by atoms with E-state index in [1.807, 2.05) is 4.90 Å². The number of hydrogen-bond donors (Lipinski definition) is 0. The second kappa shape index (κ2) is 7.95. The third-order valence-corrected chi connectivity index (χ3v) is 6.04. The molecule has 0 N–H and O–H groups in total. The van der Waals surface area contributed by atoms with Gasteiger partial charge >= 0.3 is 6.18 Å². The highest BCUT2D eigenvalue weighted by atomic mass is 19.4. The molecule has 3 aromatic rings. The lowest BCUT2D eigenvalue weighted by Gasteiger charge is -2.35. The number of nitrogens with zero attached hydrogens (tertiary/aromatic N) is 6. The van der Waals surface area contributed by atoms with Crippen LogP contribution in [0, 0.1) is 17.6 Å². The molecule has 5 rings (SSSR count). The van der Waals surface area contributed by atoms with Gasteiger partial charge in [0.05, 0.1) is 6.20 Å². The summed E-state index contributed by atoms with van der Waals surface area (Å²) >= 11 is 0. The van der Waals surface area contributed by atoms with Gasteiger partial charge in [-0.3, -0.25) is 9.30 Å². The zero-order valence-corrected chi connectivity index (χ0v) is 17.1. The van der Waals surface area contributed by atoms with Crippen LogP contribution in [-0.4, -0.2) is 50.7 Å². The Morgan fingerprint density at radius 2 is 1.78 bits per heavy atom. The fourth-order valence-corrected chi connectivity index (χ4v) is 4.20. The van der Waals surface area contributed by atoms with Crippen LogP contribution in [0.5, 0.6) is 0 Å². The first-order valence-corrected chi connectivity index (χ1v) is 10.5. The van der Waals surface area contributed by atoms with E-state index in [0.717, 1.165) is 25.1 Å². The van der Waals surface area contributed by atoms with Crippen molar-refractivity contribution < 1.29 is 22.0 Å². The summed E-state index contributed by atoms with van der Waals surface area (Å²) in [6, 6.07) is 2.26. The Morgan fingerprint density at radius 3 is 2.44 bits per heavy atom. The van der Waals surface area contributed by atoms with Gasteiger partial charge in [-0.15, -0.1) is 10.2 Å². The molecule has 0 radical (unpaired) electrons. The number of piperazine rings is 1. The molecule has 0 aromatic carbocycles. The zero-order chi connectivity index (χ0) is 22.5. The summed E-state index contributed by atoms with van der Waals surface area (Å²) in [5.74, 6) is -0.420. The van der Waals surface area contributed by atoms with Gasteiger partial charge in [0.1, 0.15) is 17.2 Å². The average molecular weight is 452 g/mol. The molecular formula is C21H21F5N6. The molecule has 6 nitrogen and oxygen atoms in total. The fraction of sp³-hybridized carbons (Fsp3) is 0.476. The summed E-state index contributed by atoms with van der Waals surface area (Å²) in [6.45, 7) is 1.66. The minimum Gasteiger partial charge on any atom is -0.352 e. The van der Waals surface area contributed by atoms with Crippen LogP contribution in [0.4, 0.5) is 27.8 Å². The first-order chi connectivity index (χ1) is 15.3. The van der Waals surface area contributed by atoms with Crippen molar-refractivity contribution in [3.8, 4) is 0 Å². The summed E-state index contributed by atoms with van der Waals surface area (Å²) in [6.07, 6.45) is 0.778. The predicted octanol–water partition coefficient (Wildman–Crippen LogP) is 3.70. The van der Waals surface area contributed by atoms with Crippen LogP contribution < -0.4 is 4.90 Å². The molecule has 170 valence electrons. The second-order valence-corrected chi connectivity index (χ2v) is 8.39. The van der Waals surface area contributed by atoms with Gasteiger partial charge in [-0.05, 0) is 30.4 Å². The van der Waals surface area contributed by atoms with E-state index in [0.29, 0.717) is 44.3 Å². The van der Waals surface area contributed by atoms with Crippen LogP contribution in [0.3, 0.4) is 0 Å². The smallest absolute Gasteiger partial charge is 0.352 e. The van der Waals surface area contributed by atoms with Crippen molar-refractivity contribution in [2.45, 2.75) is 32.0 Å². The van der Waals surface area contributed by atoms with Gasteiger partial charge in [0.15, 0.2) is 17.3 Å². The van der Waals surface area contributed by atoms with E-state index in [2.05, 4.69) is 15.2 Å².